The van der Waals surface area contributed by atoms with E-state index in [2.05, 4.69) is 16.4 Å². The number of carbonyl (C=O) groups is 1. The predicted molar refractivity (Wildman–Crippen MR) is 74.9 cm³/mol. The monoisotopic (exact) mass is 261 g/mol. The Bertz CT molecular complexity index is 517. The van der Waals surface area contributed by atoms with Crippen molar-refractivity contribution in [2.24, 2.45) is 5.73 Å². The third-order valence-corrected chi connectivity index (χ3v) is 3.03. The Morgan fingerprint density at radius 3 is 2.95 bits per heavy atom. The minimum Gasteiger partial charge on any atom is -0.468 e. The van der Waals surface area contributed by atoms with Gasteiger partial charge in [0.15, 0.2) is 0 Å². The van der Waals surface area contributed by atoms with Crippen molar-refractivity contribution in [3.05, 3.63) is 36.0 Å². The summed E-state index contributed by atoms with van der Waals surface area (Å²) in [5, 5.41) is 4.23. The lowest BCUT2D eigenvalue weighted by Gasteiger charge is -2.15. The first-order chi connectivity index (χ1) is 9.24. The highest BCUT2D eigenvalue weighted by molar-refractivity contribution is 5.81. The summed E-state index contributed by atoms with van der Waals surface area (Å²) in [7, 11) is 1.39. The average Bonchev–Trinajstić information content (AvgIpc) is 2.84. The number of para-hydroxylation sites is 1. The molecule has 0 saturated heterocycles. The highest BCUT2D eigenvalue weighted by Gasteiger charge is 2.19. The van der Waals surface area contributed by atoms with Crippen LogP contribution in [-0.2, 0) is 16.0 Å². The van der Waals surface area contributed by atoms with Crippen LogP contribution in [0.25, 0.3) is 10.9 Å². The zero-order chi connectivity index (χ0) is 13.7. The van der Waals surface area contributed by atoms with Crippen molar-refractivity contribution in [3.63, 3.8) is 0 Å². The van der Waals surface area contributed by atoms with E-state index in [1.54, 1.807) is 0 Å². The largest absolute Gasteiger partial charge is 0.468 e. The number of benzene rings is 1. The Balaban J connectivity index is 2.13. The number of hydrogen-bond acceptors (Lipinski definition) is 4. The molecule has 4 N–H and O–H groups in total. The van der Waals surface area contributed by atoms with Gasteiger partial charge < -0.3 is 20.8 Å². The lowest BCUT2D eigenvalue weighted by molar-refractivity contribution is -0.143. The molecule has 19 heavy (non-hydrogen) atoms. The summed E-state index contributed by atoms with van der Waals surface area (Å²) in [6.45, 7) is 1.07. The number of ether oxygens (including phenoxy) is 1. The number of fused-ring (bicyclic) bond motifs is 1. The van der Waals surface area contributed by atoms with Crippen LogP contribution in [0.1, 0.15) is 5.69 Å². The average molecular weight is 261 g/mol. The SMILES string of the molecule is COC(=O)C(Cc1cc2ccccc2[nH]1)NCCN. The summed E-state index contributed by atoms with van der Waals surface area (Å²) >= 11 is 0. The van der Waals surface area contributed by atoms with E-state index in [1.165, 1.54) is 7.11 Å². The van der Waals surface area contributed by atoms with Crippen LogP contribution in [-0.4, -0.2) is 37.2 Å². The number of esters is 1. The van der Waals surface area contributed by atoms with Crippen LogP contribution in [0.3, 0.4) is 0 Å². The van der Waals surface area contributed by atoms with E-state index in [0.29, 0.717) is 19.5 Å². The Labute approximate surface area is 112 Å². The van der Waals surface area contributed by atoms with E-state index in [-0.39, 0.29) is 12.0 Å². The molecule has 0 aliphatic heterocycles. The second-order valence-electron chi connectivity index (χ2n) is 4.40. The van der Waals surface area contributed by atoms with Gasteiger partial charge in [-0.05, 0) is 17.5 Å². The van der Waals surface area contributed by atoms with Crippen molar-refractivity contribution in [1.82, 2.24) is 10.3 Å². The maximum absolute atomic E-state index is 11.7. The van der Waals surface area contributed by atoms with Gasteiger partial charge in [0.05, 0.1) is 7.11 Å². The van der Waals surface area contributed by atoms with Gasteiger partial charge in [0, 0.05) is 30.7 Å². The van der Waals surface area contributed by atoms with Crippen LogP contribution in [0.5, 0.6) is 0 Å². The fourth-order valence-electron chi connectivity index (χ4n) is 2.10. The number of nitrogens with two attached hydrogens (primary N) is 1. The van der Waals surface area contributed by atoms with Crippen LogP contribution >= 0.6 is 0 Å². The van der Waals surface area contributed by atoms with Gasteiger partial charge in [0.2, 0.25) is 0 Å². The Hall–Kier alpha value is -1.85. The Kier molecular flexibility index (Phi) is 4.54. The van der Waals surface area contributed by atoms with Gasteiger partial charge in [-0.15, -0.1) is 0 Å². The summed E-state index contributed by atoms with van der Waals surface area (Å²) in [6, 6.07) is 9.70. The molecule has 0 radical (unpaired) electrons. The second kappa shape index (κ2) is 6.36. The van der Waals surface area contributed by atoms with Crippen molar-refractivity contribution >= 4 is 16.9 Å². The molecular weight excluding hydrogens is 242 g/mol. The van der Waals surface area contributed by atoms with Crippen LogP contribution in [0.4, 0.5) is 0 Å². The molecule has 1 heterocycles. The molecule has 1 unspecified atom stereocenters. The quantitative estimate of drug-likeness (QED) is 0.672. The zero-order valence-corrected chi connectivity index (χ0v) is 11.0. The van der Waals surface area contributed by atoms with Gasteiger partial charge in [0.1, 0.15) is 6.04 Å². The lowest BCUT2D eigenvalue weighted by atomic mass is 10.1. The predicted octanol–water partition coefficient (Wildman–Crippen LogP) is 0.800. The number of rotatable bonds is 6. The van der Waals surface area contributed by atoms with Crippen molar-refractivity contribution in [2.45, 2.75) is 12.5 Å². The maximum Gasteiger partial charge on any atom is 0.323 e. The smallest absolute Gasteiger partial charge is 0.323 e. The summed E-state index contributed by atoms with van der Waals surface area (Å²) in [5.74, 6) is -0.271. The molecule has 0 spiro atoms. The molecule has 0 saturated carbocycles. The summed E-state index contributed by atoms with van der Waals surface area (Å²) in [6.07, 6.45) is 0.557. The molecule has 0 fully saturated rings. The van der Waals surface area contributed by atoms with Gasteiger partial charge in [-0.3, -0.25) is 4.79 Å². The topological polar surface area (TPSA) is 80.1 Å². The number of H-pyrrole nitrogens is 1. The molecule has 0 amide bonds. The van der Waals surface area contributed by atoms with Gasteiger partial charge in [-0.2, -0.15) is 0 Å². The normalized spacial score (nSPS) is 12.5. The molecule has 0 aliphatic carbocycles. The van der Waals surface area contributed by atoms with E-state index >= 15 is 0 Å². The van der Waals surface area contributed by atoms with Crippen LogP contribution in [0, 0.1) is 0 Å². The number of nitrogens with one attached hydrogen (secondary N) is 2. The molecular formula is C14H19N3O2. The molecule has 1 aromatic carbocycles. The van der Waals surface area contributed by atoms with Crippen LogP contribution in [0.2, 0.25) is 0 Å². The van der Waals surface area contributed by atoms with Crippen molar-refractivity contribution in [1.29, 1.82) is 0 Å². The summed E-state index contributed by atoms with van der Waals surface area (Å²) in [5.41, 5.74) is 7.52. The number of methoxy groups -OCH3 is 1. The van der Waals surface area contributed by atoms with E-state index in [1.807, 2.05) is 24.3 Å². The highest BCUT2D eigenvalue weighted by Crippen LogP contribution is 2.15. The molecule has 1 atom stereocenters. The summed E-state index contributed by atoms with van der Waals surface area (Å²) in [4.78, 5) is 15.0. The van der Waals surface area contributed by atoms with Crippen LogP contribution in [0.15, 0.2) is 30.3 Å². The number of carbonyl (C=O) groups excluding carboxylic acids is 1. The van der Waals surface area contributed by atoms with Gasteiger partial charge >= 0.3 is 5.97 Å². The molecule has 102 valence electrons. The third-order valence-electron chi connectivity index (χ3n) is 3.03. The maximum atomic E-state index is 11.7. The molecule has 0 aliphatic rings. The zero-order valence-electron chi connectivity index (χ0n) is 11.0. The van der Waals surface area contributed by atoms with Gasteiger partial charge in [0.25, 0.3) is 0 Å². The Morgan fingerprint density at radius 2 is 2.26 bits per heavy atom. The highest BCUT2D eigenvalue weighted by atomic mass is 16.5. The number of hydrogen-bond donors (Lipinski definition) is 3. The van der Waals surface area contributed by atoms with Gasteiger partial charge in [-0.25, -0.2) is 0 Å². The van der Waals surface area contributed by atoms with E-state index in [0.717, 1.165) is 16.6 Å². The van der Waals surface area contributed by atoms with Crippen molar-refractivity contribution in [2.75, 3.05) is 20.2 Å². The molecule has 1 aromatic heterocycles. The summed E-state index contributed by atoms with van der Waals surface area (Å²) < 4.78 is 4.80. The standard InChI is InChI=1S/C14H19N3O2/c1-19-14(18)13(16-7-6-15)9-11-8-10-4-2-3-5-12(10)17-11/h2-5,8,13,16-17H,6-7,9,15H2,1H3. The van der Waals surface area contributed by atoms with Crippen molar-refractivity contribution < 1.29 is 9.53 Å². The first-order valence-corrected chi connectivity index (χ1v) is 6.32. The van der Waals surface area contributed by atoms with Gasteiger partial charge in [-0.1, -0.05) is 18.2 Å². The molecule has 2 rings (SSSR count). The Morgan fingerprint density at radius 1 is 1.47 bits per heavy atom. The second-order valence-corrected chi connectivity index (χ2v) is 4.40. The molecule has 5 heteroatoms. The molecule has 0 bridgehead atoms. The van der Waals surface area contributed by atoms with Crippen LogP contribution < -0.4 is 11.1 Å². The van der Waals surface area contributed by atoms with E-state index in [4.69, 9.17) is 10.5 Å². The fraction of sp³-hybridized carbons (Fsp3) is 0.357. The lowest BCUT2D eigenvalue weighted by Crippen LogP contribution is -2.41. The minimum atomic E-state index is -0.374. The third kappa shape index (κ3) is 3.33. The first kappa shape index (κ1) is 13.6. The number of aromatic nitrogens is 1. The molecule has 2 aromatic rings. The molecule has 5 nitrogen and oxygen atoms in total. The van der Waals surface area contributed by atoms with Crippen molar-refractivity contribution in [3.8, 4) is 0 Å². The minimum absolute atomic E-state index is 0.271. The van der Waals surface area contributed by atoms with E-state index in [9.17, 15) is 4.79 Å². The first-order valence-electron chi connectivity index (χ1n) is 6.32. The van der Waals surface area contributed by atoms with E-state index < -0.39 is 0 Å². The fourth-order valence-corrected chi connectivity index (χ4v) is 2.10. The number of aromatic amines is 1.